The zero-order valence-corrected chi connectivity index (χ0v) is 16.8. The monoisotopic (exact) mass is 400 g/mol. The number of hydrogen-bond acceptors (Lipinski definition) is 4. The van der Waals surface area contributed by atoms with Crippen molar-refractivity contribution >= 4 is 22.1 Å². The van der Waals surface area contributed by atoms with Crippen LogP contribution in [0.15, 0.2) is 97.3 Å². The molecule has 0 bridgehead atoms. The number of nitrogen functional groups attached to an aromatic ring is 2. The first-order valence-corrected chi connectivity index (χ1v) is 10.2. The Balaban J connectivity index is 1.80. The van der Waals surface area contributed by atoms with Crippen LogP contribution in [0, 0.1) is 0 Å². The van der Waals surface area contributed by atoms with Gasteiger partial charge >= 0.3 is 0 Å². The van der Waals surface area contributed by atoms with Crippen molar-refractivity contribution < 1.29 is 0 Å². The number of rotatable bonds is 2. The Morgan fingerprint density at radius 2 is 1.16 bits per heavy atom. The van der Waals surface area contributed by atoms with E-state index in [1.165, 1.54) is 16.3 Å². The summed E-state index contributed by atoms with van der Waals surface area (Å²) in [7, 11) is 0. The highest BCUT2D eigenvalue weighted by molar-refractivity contribution is 5.94. The third-order valence-electron chi connectivity index (χ3n) is 6.29. The zero-order valence-electron chi connectivity index (χ0n) is 16.8. The Morgan fingerprint density at radius 1 is 0.613 bits per heavy atom. The molecule has 0 atom stereocenters. The summed E-state index contributed by atoms with van der Waals surface area (Å²) in [5, 5.41) is 2.37. The average Bonchev–Trinajstić information content (AvgIpc) is 3.09. The topological polar surface area (TPSA) is 77.8 Å². The van der Waals surface area contributed by atoms with Gasteiger partial charge in [0, 0.05) is 29.3 Å². The van der Waals surface area contributed by atoms with Gasteiger partial charge in [0.1, 0.15) is 0 Å². The first-order chi connectivity index (χ1) is 15.2. The molecule has 0 aliphatic heterocycles. The zero-order chi connectivity index (χ0) is 21.0. The highest BCUT2D eigenvalue weighted by atomic mass is 14.8. The number of anilines is 2. The maximum Gasteiger partial charge on any atom is 0.0937 e. The second kappa shape index (κ2) is 6.41. The molecule has 0 fully saturated rings. The summed E-state index contributed by atoms with van der Waals surface area (Å²) in [6.45, 7) is 0. The molecule has 4 aromatic carbocycles. The van der Waals surface area contributed by atoms with Crippen LogP contribution in [0.5, 0.6) is 0 Å². The number of nitrogens with two attached hydrogens (primary N) is 2. The van der Waals surface area contributed by atoms with E-state index in [-0.39, 0.29) is 0 Å². The summed E-state index contributed by atoms with van der Waals surface area (Å²) in [5.41, 5.74) is 19.3. The lowest BCUT2D eigenvalue weighted by molar-refractivity contribution is 0.736. The van der Waals surface area contributed by atoms with Crippen molar-refractivity contribution in [3.8, 4) is 11.3 Å². The lowest BCUT2D eigenvalue weighted by atomic mass is 9.69. The van der Waals surface area contributed by atoms with Crippen molar-refractivity contribution in [1.82, 2.24) is 9.97 Å². The summed E-state index contributed by atoms with van der Waals surface area (Å²) in [6, 6.07) is 29.1. The highest BCUT2D eigenvalue weighted by Crippen LogP contribution is 2.55. The van der Waals surface area contributed by atoms with E-state index in [1.807, 2.05) is 24.3 Å². The molecule has 1 aliphatic carbocycles. The molecule has 6 rings (SSSR count). The molecule has 0 radical (unpaired) electrons. The lowest BCUT2D eigenvalue weighted by Crippen LogP contribution is -2.29. The minimum Gasteiger partial charge on any atom is -0.399 e. The minimum absolute atomic E-state index is 0.607. The fraction of sp³-hybridized carbons (Fsp3) is 0.0370. The first-order valence-electron chi connectivity index (χ1n) is 10.2. The summed E-state index contributed by atoms with van der Waals surface area (Å²) < 4.78 is 0. The maximum absolute atomic E-state index is 6.05. The Labute approximate surface area is 180 Å². The third kappa shape index (κ3) is 2.42. The van der Waals surface area contributed by atoms with E-state index in [1.54, 1.807) is 12.4 Å². The largest absolute Gasteiger partial charge is 0.399 e. The molecular weight excluding hydrogens is 380 g/mol. The molecule has 0 saturated carbocycles. The van der Waals surface area contributed by atoms with E-state index in [9.17, 15) is 0 Å². The summed E-state index contributed by atoms with van der Waals surface area (Å²) in [6.07, 6.45) is 3.54. The molecule has 0 spiro atoms. The smallest absolute Gasteiger partial charge is 0.0937 e. The van der Waals surface area contributed by atoms with E-state index in [0.717, 1.165) is 39.5 Å². The van der Waals surface area contributed by atoms with Crippen LogP contribution in [0.2, 0.25) is 0 Å². The van der Waals surface area contributed by atoms with Crippen LogP contribution in [-0.4, -0.2) is 9.97 Å². The van der Waals surface area contributed by atoms with Gasteiger partial charge in [-0.15, -0.1) is 0 Å². The maximum atomic E-state index is 6.05. The molecule has 1 heterocycles. The van der Waals surface area contributed by atoms with Crippen LogP contribution >= 0.6 is 0 Å². The molecule has 0 saturated heterocycles. The molecular formula is C27H20N4. The third-order valence-corrected chi connectivity index (χ3v) is 6.29. The van der Waals surface area contributed by atoms with E-state index in [4.69, 9.17) is 21.4 Å². The van der Waals surface area contributed by atoms with E-state index in [2.05, 4.69) is 60.7 Å². The molecule has 4 N–H and O–H groups in total. The van der Waals surface area contributed by atoms with Crippen LogP contribution in [-0.2, 0) is 5.41 Å². The van der Waals surface area contributed by atoms with Crippen LogP contribution < -0.4 is 11.5 Å². The summed E-state index contributed by atoms with van der Waals surface area (Å²) >= 11 is 0. The minimum atomic E-state index is -0.607. The van der Waals surface area contributed by atoms with Crippen LogP contribution in [0.25, 0.3) is 22.0 Å². The van der Waals surface area contributed by atoms with Crippen LogP contribution in [0.4, 0.5) is 11.4 Å². The van der Waals surface area contributed by atoms with Gasteiger partial charge in [0.2, 0.25) is 0 Å². The first kappa shape index (κ1) is 17.7. The van der Waals surface area contributed by atoms with Gasteiger partial charge in [0.25, 0.3) is 0 Å². The van der Waals surface area contributed by atoms with Crippen molar-refractivity contribution in [2.45, 2.75) is 5.41 Å². The SMILES string of the molecule is Nc1ccc(C2(c3ccc(N)cc3)c3cc4ccccc4cc3-c3nccnc32)cc1. The normalized spacial score (nSPS) is 13.7. The Bertz CT molecular complexity index is 1390. The molecule has 4 nitrogen and oxygen atoms in total. The average molecular weight is 400 g/mol. The number of nitrogens with zero attached hydrogens (tertiary/aromatic N) is 2. The predicted octanol–water partition coefficient (Wildman–Crippen LogP) is 5.16. The second-order valence-electron chi connectivity index (χ2n) is 7.99. The predicted molar refractivity (Wildman–Crippen MR) is 126 cm³/mol. The summed E-state index contributed by atoms with van der Waals surface area (Å²) in [5.74, 6) is 0. The van der Waals surface area contributed by atoms with E-state index >= 15 is 0 Å². The molecule has 0 amide bonds. The molecule has 1 aromatic heterocycles. The highest BCUT2D eigenvalue weighted by Gasteiger charge is 2.48. The molecule has 5 aromatic rings. The quantitative estimate of drug-likeness (QED) is 0.394. The Hall–Kier alpha value is -4.18. The van der Waals surface area contributed by atoms with Gasteiger partial charge in [-0.3, -0.25) is 9.97 Å². The lowest BCUT2D eigenvalue weighted by Gasteiger charge is -2.32. The summed E-state index contributed by atoms with van der Waals surface area (Å²) in [4.78, 5) is 9.67. The van der Waals surface area contributed by atoms with Crippen molar-refractivity contribution in [1.29, 1.82) is 0 Å². The fourth-order valence-electron chi connectivity index (χ4n) is 4.90. The standard InChI is InChI=1S/C27H20N4/c28-21-9-5-19(6-10-21)27(20-7-11-22(29)12-8-20)24-16-18-4-2-1-3-17(18)15-23(24)25-26(27)31-14-13-30-25/h1-16H,28-29H2. The van der Waals surface area contributed by atoms with Crippen LogP contribution in [0.1, 0.15) is 22.4 Å². The van der Waals surface area contributed by atoms with Gasteiger partial charge in [-0.2, -0.15) is 0 Å². The van der Waals surface area contributed by atoms with Gasteiger partial charge in [0.05, 0.1) is 16.8 Å². The van der Waals surface area contributed by atoms with E-state index in [0.29, 0.717) is 0 Å². The van der Waals surface area contributed by atoms with Gasteiger partial charge in [-0.25, -0.2) is 0 Å². The fourth-order valence-corrected chi connectivity index (χ4v) is 4.90. The number of aromatic nitrogens is 2. The Kier molecular flexibility index (Phi) is 3.65. The molecule has 31 heavy (non-hydrogen) atoms. The second-order valence-corrected chi connectivity index (χ2v) is 7.99. The molecule has 4 heteroatoms. The van der Waals surface area contributed by atoms with Gasteiger partial charge < -0.3 is 11.5 Å². The molecule has 148 valence electrons. The van der Waals surface area contributed by atoms with Crippen molar-refractivity contribution in [2.75, 3.05) is 11.5 Å². The van der Waals surface area contributed by atoms with E-state index < -0.39 is 5.41 Å². The van der Waals surface area contributed by atoms with Crippen molar-refractivity contribution in [2.24, 2.45) is 0 Å². The number of fused-ring (bicyclic) bond motifs is 4. The van der Waals surface area contributed by atoms with Crippen molar-refractivity contribution in [3.05, 3.63) is 120 Å². The van der Waals surface area contributed by atoms with Gasteiger partial charge in [-0.1, -0.05) is 48.5 Å². The van der Waals surface area contributed by atoms with Crippen LogP contribution in [0.3, 0.4) is 0 Å². The molecule has 1 aliphatic rings. The van der Waals surface area contributed by atoms with Gasteiger partial charge in [0.15, 0.2) is 0 Å². The van der Waals surface area contributed by atoms with Gasteiger partial charge in [-0.05, 0) is 63.9 Å². The molecule has 0 unspecified atom stereocenters. The van der Waals surface area contributed by atoms with Crippen molar-refractivity contribution in [3.63, 3.8) is 0 Å². The number of benzene rings is 4. The Morgan fingerprint density at radius 3 is 1.77 bits per heavy atom. The number of hydrogen-bond donors (Lipinski definition) is 2.